The first-order chi connectivity index (χ1) is 6.52. The van der Waals surface area contributed by atoms with Gasteiger partial charge in [-0.2, -0.15) is 0 Å². The van der Waals surface area contributed by atoms with Crippen LogP contribution in [-0.2, 0) is 4.74 Å². The van der Waals surface area contributed by atoms with Gasteiger partial charge in [-0.1, -0.05) is 32.6 Å². The van der Waals surface area contributed by atoms with Crippen molar-refractivity contribution in [3.63, 3.8) is 0 Å². The zero-order valence-electron chi connectivity index (χ0n) is 8.90. The lowest BCUT2D eigenvalue weighted by Gasteiger charge is -2.06. The second-order valence-electron chi connectivity index (χ2n) is 3.17. The molecule has 0 spiro atoms. The van der Waals surface area contributed by atoms with Crippen LogP contribution in [0.15, 0.2) is 36.0 Å². The van der Waals surface area contributed by atoms with E-state index in [-0.39, 0.29) is 5.66 Å². The lowest BCUT2D eigenvalue weighted by Crippen LogP contribution is -2.16. The van der Waals surface area contributed by atoms with Gasteiger partial charge in [0.2, 0.25) is 0 Å². The van der Waals surface area contributed by atoms with Crippen LogP contribution in [0, 0.1) is 5.92 Å². The van der Waals surface area contributed by atoms with E-state index >= 15 is 0 Å². The number of allylic oxidation sites excluding steroid dienone is 4. The van der Waals surface area contributed by atoms with Crippen LogP contribution >= 0.6 is 0 Å². The van der Waals surface area contributed by atoms with Crippen molar-refractivity contribution in [3.05, 3.63) is 36.0 Å². The van der Waals surface area contributed by atoms with Gasteiger partial charge in [0, 0.05) is 0 Å². The zero-order valence-corrected chi connectivity index (χ0v) is 8.90. The molecule has 0 aliphatic heterocycles. The van der Waals surface area contributed by atoms with Gasteiger partial charge in [-0.15, -0.1) is 0 Å². The summed E-state index contributed by atoms with van der Waals surface area (Å²) in [5, 5.41) is 17.7. The summed E-state index contributed by atoms with van der Waals surface area (Å²) in [6.45, 7) is 7.73. The first kappa shape index (κ1) is 13.0. The van der Waals surface area contributed by atoms with Crippen molar-refractivity contribution in [3.8, 4) is 0 Å². The summed E-state index contributed by atoms with van der Waals surface area (Å²) in [7, 11) is -0.184. The molecule has 0 atom stereocenters. The minimum atomic E-state index is -1.57. The Kier molecular flexibility index (Phi) is 6.00. The van der Waals surface area contributed by atoms with Gasteiger partial charge in [0.15, 0.2) is 0 Å². The Bertz CT molecular complexity index is 242. The highest BCUT2D eigenvalue weighted by Crippen LogP contribution is 2.11. The maximum absolute atomic E-state index is 8.84. The smallest absolute Gasteiger partial charge is 0.505 e. The molecule has 0 heterocycles. The topological polar surface area (TPSA) is 49.7 Å². The van der Waals surface area contributed by atoms with Crippen LogP contribution in [0.1, 0.15) is 13.8 Å². The Balaban J connectivity index is 4.70. The molecule has 14 heavy (non-hydrogen) atoms. The van der Waals surface area contributed by atoms with Crippen molar-refractivity contribution in [1.29, 1.82) is 0 Å². The molecule has 0 aliphatic carbocycles. The van der Waals surface area contributed by atoms with Crippen LogP contribution in [0.4, 0.5) is 0 Å². The first-order valence-corrected chi connectivity index (χ1v) is 4.47. The van der Waals surface area contributed by atoms with Gasteiger partial charge in [0.05, 0.1) is 7.11 Å². The molecule has 0 unspecified atom stereocenters. The fourth-order valence-corrected chi connectivity index (χ4v) is 0.934. The second kappa shape index (κ2) is 6.46. The molecule has 0 saturated carbocycles. The maximum atomic E-state index is 8.84. The Morgan fingerprint density at radius 1 is 1.36 bits per heavy atom. The first-order valence-electron chi connectivity index (χ1n) is 4.47. The minimum Gasteiger partial charge on any atom is -0.505 e. The van der Waals surface area contributed by atoms with Gasteiger partial charge in [0.25, 0.3) is 0 Å². The highest BCUT2D eigenvalue weighted by atomic mass is 16.5. The molecule has 0 aromatic heterocycles. The predicted octanol–water partition coefficient (Wildman–Crippen LogP) is 1.30. The summed E-state index contributed by atoms with van der Waals surface area (Å²) in [5.41, 5.74) is 1.13. The molecule has 0 rings (SSSR count). The highest BCUT2D eigenvalue weighted by Gasteiger charge is 2.14. The number of methoxy groups -OCH3 is 1. The zero-order chi connectivity index (χ0) is 11.1. The summed E-state index contributed by atoms with van der Waals surface area (Å²) in [6.07, 6.45) is 5.02. The molecule has 0 saturated heterocycles. The van der Waals surface area contributed by atoms with E-state index in [0.717, 1.165) is 5.57 Å². The van der Waals surface area contributed by atoms with Crippen LogP contribution < -0.4 is 0 Å². The van der Waals surface area contributed by atoms with Crippen LogP contribution in [-0.4, -0.2) is 24.3 Å². The van der Waals surface area contributed by atoms with E-state index in [1.165, 1.54) is 13.2 Å². The van der Waals surface area contributed by atoms with E-state index in [2.05, 4.69) is 6.58 Å². The van der Waals surface area contributed by atoms with E-state index in [0.29, 0.717) is 5.92 Å². The summed E-state index contributed by atoms with van der Waals surface area (Å²) in [6, 6.07) is 0. The fourth-order valence-electron chi connectivity index (χ4n) is 0.934. The fraction of sp³-hybridized carbons (Fsp3) is 0.400. The molecule has 0 bridgehead atoms. The van der Waals surface area contributed by atoms with E-state index < -0.39 is 7.12 Å². The summed E-state index contributed by atoms with van der Waals surface area (Å²) in [4.78, 5) is 0. The standard InChI is InChI=1S/C10H17BO3/c1-5-9(8(2)3)6-7-10(14-4)11(12)13/h5-8,12-13H,1H2,2-4H3/b9-6+,10-7-. The molecule has 0 aromatic carbocycles. The molecule has 3 nitrogen and oxygen atoms in total. The van der Waals surface area contributed by atoms with E-state index in [4.69, 9.17) is 14.8 Å². The van der Waals surface area contributed by atoms with Crippen molar-refractivity contribution in [2.45, 2.75) is 13.8 Å². The van der Waals surface area contributed by atoms with Gasteiger partial charge < -0.3 is 14.8 Å². The molecule has 0 aromatic rings. The van der Waals surface area contributed by atoms with Crippen LogP contribution in [0.25, 0.3) is 0 Å². The van der Waals surface area contributed by atoms with Gasteiger partial charge in [-0.05, 0) is 17.6 Å². The van der Waals surface area contributed by atoms with E-state index in [1.807, 2.05) is 13.8 Å². The third-order valence-corrected chi connectivity index (χ3v) is 1.83. The molecule has 0 radical (unpaired) electrons. The predicted molar refractivity (Wildman–Crippen MR) is 58.4 cm³/mol. The molecule has 2 N–H and O–H groups in total. The number of ether oxygens (including phenoxy) is 1. The number of hydrogen-bond donors (Lipinski definition) is 2. The third kappa shape index (κ3) is 4.30. The van der Waals surface area contributed by atoms with Gasteiger partial charge in [-0.3, -0.25) is 0 Å². The SMILES string of the molecule is C=C/C(=C\C=C(/OC)B(O)O)C(C)C. The molecular weight excluding hydrogens is 179 g/mol. The minimum absolute atomic E-state index is 0.116. The lowest BCUT2D eigenvalue weighted by molar-refractivity contribution is 0.281. The lowest BCUT2D eigenvalue weighted by atomic mass is 9.87. The second-order valence-corrected chi connectivity index (χ2v) is 3.17. The molecule has 0 amide bonds. The molecule has 0 fully saturated rings. The molecule has 4 heteroatoms. The van der Waals surface area contributed by atoms with E-state index in [9.17, 15) is 0 Å². The van der Waals surface area contributed by atoms with Crippen molar-refractivity contribution in [1.82, 2.24) is 0 Å². The van der Waals surface area contributed by atoms with Crippen molar-refractivity contribution >= 4 is 7.12 Å². The Labute approximate surface area is 85.5 Å². The van der Waals surface area contributed by atoms with Gasteiger partial charge in [0.1, 0.15) is 5.66 Å². The molecule has 0 aliphatic rings. The van der Waals surface area contributed by atoms with Gasteiger partial charge >= 0.3 is 7.12 Å². The average Bonchev–Trinajstić information content (AvgIpc) is 2.11. The summed E-state index contributed by atoms with van der Waals surface area (Å²) >= 11 is 0. The summed E-state index contributed by atoms with van der Waals surface area (Å²) in [5.74, 6) is 0.345. The van der Waals surface area contributed by atoms with Crippen LogP contribution in [0.5, 0.6) is 0 Å². The van der Waals surface area contributed by atoms with Crippen LogP contribution in [0.2, 0.25) is 0 Å². The Morgan fingerprint density at radius 2 is 1.93 bits per heavy atom. The number of hydrogen-bond acceptors (Lipinski definition) is 3. The number of rotatable bonds is 5. The summed E-state index contributed by atoms with van der Waals surface area (Å²) < 4.78 is 4.77. The average molecular weight is 196 g/mol. The Morgan fingerprint density at radius 3 is 2.21 bits per heavy atom. The molecule has 78 valence electrons. The van der Waals surface area contributed by atoms with Gasteiger partial charge in [-0.25, -0.2) is 0 Å². The third-order valence-electron chi connectivity index (χ3n) is 1.83. The molecular formula is C10H17BO3. The highest BCUT2D eigenvalue weighted by molar-refractivity contribution is 6.49. The normalized spacial score (nSPS) is 13.0. The van der Waals surface area contributed by atoms with Crippen molar-refractivity contribution in [2.24, 2.45) is 5.92 Å². The van der Waals surface area contributed by atoms with Crippen molar-refractivity contribution < 1.29 is 14.8 Å². The van der Waals surface area contributed by atoms with E-state index in [1.54, 1.807) is 12.2 Å². The Hall–Kier alpha value is -0.995. The largest absolute Gasteiger partial charge is 0.525 e. The van der Waals surface area contributed by atoms with Crippen LogP contribution in [0.3, 0.4) is 0 Å². The monoisotopic (exact) mass is 196 g/mol. The maximum Gasteiger partial charge on any atom is 0.525 e. The quantitative estimate of drug-likeness (QED) is 0.395. The van der Waals surface area contributed by atoms with Crippen molar-refractivity contribution in [2.75, 3.05) is 7.11 Å².